The highest BCUT2D eigenvalue weighted by atomic mass is 127. The Morgan fingerprint density at radius 2 is 1.79 bits per heavy atom. The van der Waals surface area contributed by atoms with E-state index < -0.39 is 0 Å². The van der Waals surface area contributed by atoms with Crippen LogP contribution in [0.15, 0.2) is 51.9 Å². The molecule has 2 N–H and O–H groups in total. The van der Waals surface area contributed by atoms with Gasteiger partial charge in [0.2, 0.25) is 0 Å². The molecule has 3 rings (SSSR count). The predicted octanol–water partition coefficient (Wildman–Crippen LogP) is 3.90. The van der Waals surface area contributed by atoms with Gasteiger partial charge in [0, 0.05) is 44.2 Å². The molecule has 0 amide bonds. The molecule has 0 saturated carbocycles. The maximum absolute atomic E-state index is 13.5. The van der Waals surface area contributed by atoms with Gasteiger partial charge in [-0.3, -0.25) is 9.89 Å². The molecule has 0 atom stereocenters. The lowest BCUT2D eigenvalue weighted by molar-refractivity contribution is 0.0341. The van der Waals surface area contributed by atoms with Gasteiger partial charge in [-0.25, -0.2) is 4.39 Å². The van der Waals surface area contributed by atoms with Gasteiger partial charge in [0.15, 0.2) is 5.96 Å². The molecule has 2 aromatic carbocycles. The van der Waals surface area contributed by atoms with E-state index >= 15 is 0 Å². The molecule has 1 saturated heterocycles. The highest BCUT2D eigenvalue weighted by Gasteiger charge is 2.12. The van der Waals surface area contributed by atoms with E-state index in [2.05, 4.69) is 60.7 Å². The molecule has 8 heteroatoms. The van der Waals surface area contributed by atoms with Crippen molar-refractivity contribution in [2.45, 2.75) is 19.6 Å². The predicted molar refractivity (Wildman–Crippen MR) is 129 cm³/mol. The number of hydrogen-bond donors (Lipinski definition) is 2. The number of nitrogens with zero attached hydrogens (tertiary/aromatic N) is 2. The fraction of sp³-hybridized carbons (Fsp3) is 0.381. The largest absolute Gasteiger partial charge is 0.379 e. The van der Waals surface area contributed by atoms with Crippen LogP contribution < -0.4 is 10.6 Å². The van der Waals surface area contributed by atoms with Gasteiger partial charge in [-0.1, -0.05) is 40.2 Å². The zero-order valence-electron chi connectivity index (χ0n) is 16.5. The SMILES string of the molecule is CN=C(NCc1cc(F)cc(Br)c1)NCc1ccccc1CN1CCOCC1.I. The Bertz CT molecular complexity index is 795. The lowest BCUT2D eigenvalue weighted by Gasteiger charge is -2.27. The summed E-state index contributed by atoms with van der Waals surface area (Å²) in [5.74, 6) is 0.424. The molecule has 0 radical (unpaired) electrons. The Hall–Kier alpha value is -1.23. The summed E-state index contributed by atoms with van der Waals surface area (Å²) in [4.78, 5) is 6.68. The fourth-order valence-corrected chi connectivity index (χ4v) is 3.70. The first-order valence-corrected chi connectivity index (χ1v) is 10.2. The molecule has 1 heterocycles. The van der Waals surface area contributed by atoms with Crippen molar-refractivity contribution in [1.29, 1.82) is 0 Å². The Kier molecular flexibility index (Phi) is 10.3. The molecule has 29 heavy (non-hydrogen) atoms. The minimum Gasteiger partial charge on any atom is -0.379 e. The quantitative estimate of drug-likeness (QED) is 0.311. The van der Waals surface area contributed by atoms with Gasteiger partial charge in [-0.2, -0.15) is 0 Å². The molecule has 0 spiro atoms. The zero-order valence-corrected chi connectivity index (χ0v) is 20.4. The molecule has 0 aliphatic carbocycles. The van der Waals surface area contributed by atoms with Crippen molar-refractivity contribution in [3.05, 3.63) is 69.4 Å². The van der Waals surface area contributed by atoms with E-state index in [1.807, 2.05) is 6.07 Å². The number of ether oxygens (including phenoxy) is 1. The van der Waals surface area contributed by atoms with Gasteiger partial charge >= 0.3 is 0 Å². The summed E-state index contributed by atoms with van der Waals surface area (Å²) in [6.45, 7) is 5.62. The zero-order chi connectivity index (χ0) is 19.8. The van der Waals surface area contributed by atoms with Crippen LogP contribution in [0.5, 0.6) is 0 Å². The number of benzene rings is 2. The monoisotopic (exact) mass is 576 g/mol. The van der Waals surface area contributed by atoms with Crippen molar-refractivity contribution in [1.82, 2.24) is 15.5 Å². The molecule has 1 aliphatic rings. The van der Waals surface area contributed by atoms with Crippen LogP contribution >= 0.6 is 39.9 Å². The molecule has 1 aliphatic heterocycles. The van der Waals surface area contributed by atoms with Gasteiger partial charge in [0.05, 0.1) is 13.2 Å². The number of hydrogen-bond acceptors (Lipinski definition) is 3. The minimum absolute atomic E-state index is 0. The third kappa shape index (κ3) is 7.84. The Morgan fingerprint density at radius 1 is 1.10 bits per heavy atom. The van der Waals surface area contributed by atoms with Gasteiger partial charge in [0.1, 0.15) is 5.82 Å². The second-order valence-corrected chi connectivity index (χ2v) is 7.63. The van der Waals surface area contributed by atoms with Crippen LogP contribution in [0.25, 0.3) is 0 Å². The van der Waals surface area contributed by atoms with Crippen LogP contribution in [0, 0.1) is 5.82 Å². The van der Waals surface area contributed by atoms with E-state index in [0.717, 1.165) is 42.9 Å². The summed E-state index contributed by atoms with van der Waals surface area (Å²) in [6, 6.07) is 13.3. The molecular formula is C21H27BrFIN4O. The summed E-state index contributed by atoms with van der Waals surface area (Å²) in [5.41, 5.74) is 3.40. The van der Waals surface area contributed by atoms with E-state index in [-0.39, 0.29) is 29.8 Å². The summed E-state index contributed by atoms with van der Waals surface area (Å²) in [7, 11) is 1.73. The van der Waals surface area contributed by atoms with E-state index in [4.69, 9.17) is 4.74 Å². The second-order valence-electron chi connectivity index (χ2n) is 6.71. The summed E-state index contributed by atoms with van der Waals surface area (Å²) in [5, 5.41) is 6.59. The highest BCUT2D eigenvalue weighted by Crippen LogP contribution is 2.15. The smallest absolute Gasteiger partial charge is 0.191 e. The summed E-state index contributed by atoms with van der Waals surface area (Å²) >= 11 is 3.32. The Balaban J connectivity index is 0.00000300. The molecule has 0 aromatic heterocycles. The average Bonchev–Trinajstić information content (AvgIpc) is 2.69. The van der Waals surface area contributed by atoms with E-state index in [9.17, 15) is 4.39 Å². The number of morpholine rings is 1. The van der Waals surface area contributed by atoms with Gasteiger partial charge in [-0.15, -0.1) is 24.0 Å². The van der Waals surface area contributed by atoms with Crippen molar-refractivity contribution in [2.75, 3.05) is 33.4 Å². The van der Waals surface area contributed by atoms with E-state index in [1.165, 1.54) is 23.3 Å². The lowest BCUT2D eigenvalue weighted by atomic mass is 10.1. The van der Waals surface area contributed by atoms with Crippen LogP contribution in [0.1, 0.15) is 16.7 Å². The van der Waals surface area contributed by atoms with Crippen molar-refractivity contribution >= 4 is 45.9 Å². The third-order valence-electron chi connectivity index (χ3n) is 4.67. The number of nitrogens with one attached hydrogen (secondary N) is 2. The number of aliphatic imine (C=N–C) groups is 1. The second kappa shape index (κ2) is 12.5. The minimum atomic E-state index is -0.258. The first-order valence-electron chi connectivity index (χ1n) is 9.40. The van der Waals surface area contributed by atoms with E-state index in [1.54, 1.807) is 7.05 Å². The Labute approximate surface area is 197 Å². The van der Waals surface area contributed by atoms with E-state index in [0.29, 0.717) is 19.0 Å². The maximum atomic E-state index is 13.5. The van der Waals surface area contributed by atoms with Gasteiger partial charge in [0.25, 0.3) is 0 Å². The number of halogens is 3. The van der Waals surface area contributed by atoms with Gasteiger partial charge < -0.3 is 15.4 Å². The molecule has 0 unspecified atom stereocenters. The van der Waals surface area contributed by atoms with Crippen molar-refractivity contribution in [2.24, 2.45) is 4.99 Å². The highest BCUT2D eigenvalue weighted by molar-refractivity contribution is 14.0. The van der Waals surface area contributed by atoms with Gasteiger partial charge in [-0.05, 0) is 34.9 Å². The molecule has 2 aromatic rings. The maximum Gasteiger partial charge on any atom is 0.191 e. The standard InChI is InChI=1S/C21H26BrFN4O.HI/c1-24-21(25-13-16-10-19(22)12-20(23)11-16)26-14-17-4-2-3-5-18(17)15-27-6-8-28-9-7-27;/h2-5,10-12H,6-9,13-15H2,1H3,(H2,24,25,26);1H. The topological polar surface area (TPSA) is 48.9 Å². The van der Waals surface area contributed by atoms with Crippen LogP contribution in [0.2, 0.25) is 0 Å². The van der Waals surface area contributed by atoms with Crippen molar-refractivity contribution in [3.63, 3.8) is 0 Å². The molecule has 0 bridgehead atoms. The normalized spacial score (nSPS) is 14.9. The van der Waals surface area contributed by atoms with Crippen molar-refractivity contribution in [3.8, 4) is 0 Å². The van der Waals surface area contributed by atoms with Crippen molar-refractivity contribution < 1.29 is 9.13 Å². The summed E-state index contributed by atoms with van der Waals surface area (Å²) < 4.78 is 19.7. The molecular weight excluding hydrogens is 550 g/mol. The van der Waals surface area contributed by atoms with Crippen LogP contribution in [0.4, 0.5) is 4.39 Å². The Morgan fingerprint density at radius 3 is 2.48 bits per heavy atom. The fourth-order valence-electron chi connectivity index (χ4n) is 3.18. The first-order chi connectivity index (χ1) is 13.6. The summed E-state index contributed by atoms with van der Waals surface area (Å²) in [6.07, 6.45) is 0. The van der Waals surface area contributed by atoms with Crippen LogP contribution in [-0.4, -0.2) is 44.2 Å². The molecule has 5 nitrogen and oxygen atoms in total. The third-order valence-corrected chi connectivity index (χ3v) is 5.13. The van der Waals surface area contributed by atoms with Crippen LogP contribution in [0.3, 0.4) is 0 Å². The lowest BCUT2D eigenvalue weighted by Crippen LogP contribution is -2.37. The average molecular weight is 577 g/mol. The van der Waals surface area contributed by atoms with Crippen LogP contribution in [-0.2, 0) is 24.4 Å². The molecule has 158 valence electrons. The molecule has 1 fully saturated rings. The number of guanidine groups is 1. The number of rotatable bonds is 6. The first kappa shape index (κ1) is 24.0.